The van der Waals surface area contributed by atoms with Crippen molar-refractivity contribution in [3.05, 3.63) is 48.2 Å². The van der Waals surface area contributed by atoms with E-state index in [-0.39, 0.29) is 0 Å². The van der Waals surface area contributed by atoms with Crippen LogP contribution in [0.25, 0.3) is 22.3 Å². The van der Waals surface area contributed by atoms with Crippen LogP contribution in [0.2, 0.25) is 0 Å². The van der Waals surface area contributed by atoms with Crippen LogP contribution in [0.4, 0.5) is 0 Å². The standard InChI is InChI=1S/C14H13N3/c1-10-8-9-12-13(11-6-4-3-5-7-11)16-17(2)14(12)15-10/h3-9H,1-2H3. The van der Waals surface area contributed by atoms with Gasteiger partial charge in [0.05, 0.1) is 0 Å². The lowest BCUT2D eigenvalue weighted by Gasteiger charge is -1.96. The molecule has 0 aliphatic carbocycles. The van der Waals surface area contributed by atoms with E-state index in [4.69, 9.17) is 0 Å². The Morgan fingerprint density at radius 3 is 2.53 bits per heavy atom. The first-order valence-corrected chi connectivity index (χ1v) is 5.61. The second kappa shape index (κ2) is 3.70. The Morgan fingerprint density at radius 2 is 1.76 bits per heavy atom. The minimum Gasteiger partial charge on any atom is -0.250 e. The summed E-state index contributed by atoms with van der Waals surface area (Å²) in [5.41, 5.74) is 4.07. The average Bonchev–Trinajstić information content (AvgIpc) is 2.68. The van der Waals surface area contributed by atoms with Crippen molar-refractivity contribution in [2.45, 2.75) is 6.92 Å². The number of benzene rings is 1. The van der Waals surface area contributed by atoms with Gasteiger partial charge < -0.3 is 0 Å². The van der Waals surface area contributed by atoms with E-state index in [2.05, 4.69) is 28.3 Å². The van der Waals surface area contributed by atoms with Gasteiger partial charge in [-0.3, -0.25) is 0 Å². The molecule has 0 aliphatic heterocycles. The number of hydrogen-bond acceptors (Lipinski definition) is 2. The third-order valence-corrected chi connectivity index (χ3v) is 2.87. The first-order valence-electron chi connectivity index (χ1n) is 5.61. The Kier molecular flexibility index (Phi) is 2.18. The zero-order chi connectivity index (χ0) is 11.8. The van der Waals surface area contributed by atoms with E-state index < -0.39 is 0 Å². The fraction of sp³-hybridized carbons (Fsp3) is 0.143. The third-order valence-electron chi connectivity index (χ3n) is 2.87. The summed E-state index contributed by atoms with van der Waals surface area (Å²) in [6, 6.07) is 14.3. The van der Waals surface area contributed by atoms with E-state index in [1.54, 1.807) is 0 Å². The SMILES string of the molecule is Cc1ccc2c(-c3ccccc3)nn(C)c2n1. The first kappa shape index (κ1) is 10.0. The number of rotatable bonds is 1. The third kappa shape index (κ3) is 1.60. The molecule has 0 spiro atoms. The van der Waals surface area contributed by atoms with Crippen molar-refractivity contribution in [1.29, 1.82) is 0 Å². The van der Waals surface area contributed by atoms with Gasteiger partial charge in [-0.1, -0.05) is 30.3 Å². The van der Waals surface area contributed by atoms with Gasteiger partial charge >= 0.3 is 0 Å². The van der Waals surface area contributed by atoms with Crippen molar-refractivity contribution in [3.8, 4) is 11.3 Å². The number of fused-ring (bicyclic) bond motifs is 1. The van der Waals surface area contributed by atoms with Crippen LogP contribution in [-0.2, 0) is 7.05 Å². The topological polar surface area (TPSA) is 30.7 Å². The second-order valence-corrected chi connectivity index (χ2v) is 4.16. The highest BCUT2D eigenvalue weighted by Gasteiger charge is 2.10. The van der Waals surface area contributed by atoms with Crippen LogP contribution in [0.15, 0.2) is 42.5 Å². The molecule has 0 bridgehead atoms. The number of nitrogens with zero attached hydrogens (tertiary/aromatic N) is 3. The Labute approximate surface area is 99.7 Å². The van der Waals surface area contributed by atoms with Crippen LogP contribution in [-0.4, -0.2) is 14.8 Å². The van der Waals surface area contributed by atoms with Gasteiger partial charge in [0, 0.05) is 23.7 Å². The Balaban J connectivity index is 2.32. The molecule has 2 aromatic heterocycles. The maximum atomic E-state index is 4.56. The zero-order valence-electron chi connectivity index (χ0n) is 9.88. The Bertz CT molecular complexity index is 669. The molecule has 0 amide bonds. The van der Waals surface area contributed by atoms with Gasteiger partial charge in [0.1, 0.15) is 5.69 Å². The van der Waals surface area contributed by atoms with E-state index in [9.17, 15) is 0 Å². The minimum absolute atomic E-state index is 0.934. The molecule has 0 saturated carbocycles. The summed E-state index contributed by atoms with van der Waals surface area (Å²) in [5, 5.41) is 5.66. The lowest BCUT2D eigenvalue weighted by molar-refractivity contribution is 0.788. The van der Waals surface area contributed by atoms with Crippen molar-refractivity contribution in [2.24, 2.45) is 7.05 Å². The normalized spacial score (nSPS) is 10.9. The molecule has 0 aliphatic rings. The summed E-state index contributed by atoms with van der Waals surface area (Å²) in [6.07, 6.45) is 0. The largest absolute Gasteiger partial charge is 0.250 e. The van der Waals surface area contributed by atoms with E-state index in [1.165, 1.54) is 0 Å². The van der Waals surface area contributed by atoms with E-state index in [1.807, 2.05) is 42.9 Å². The zero-order valence-corrected chi connectivity index (χ0v) is 9.88. The van der Waals surface area contributed by atoms with Crippen LogP contribution in [0.3, 0.4) is 0 Å². The molecule has 84 valence electrons. The molecule has 0 saturated heterocycles. The summed E-state index contributed by atoms with van der Waals surface area (Å²) in [6.45, 7) is 1.99. The number of hydrogen-bond donors (Lipinski definition) is 0. The highest BCUT2D eigenvalue weighted by atomic mass is 15.3. The molecule has 0 atom stereocenters. The predicted molar refractivity (Wildman–Crippen MR) is 68.7 cm³/mol. The van der Waals surface area contributed by atoms with Crippen LogP contribution in [0.5, 0.6) is 0 Å². The monoisotopic (exact) mass is 223 g/mol. The molecule has 3 rings (SSSR count). The highest BCUT2D eigenvalue weighted by molar-refractivity contribution is 5.91. The lowest BCUT2D eigenvalue weighted by atomic mass is 10.1. The molecule has 0 unspecified atom stereocenters. The van der Waals surface area contributed by atoms with Gasteiger partial charge in [0.25, 0.3) is 0 Å². The van der Waals surface area contributed by atoms with E-state index >= 15 is 0 Å². The predicted octanol–water partition coefficient (Wildman–Crippen LogP) is 2.94. The quantitative estimate of drug-likeness (QED) is 0.635. The maximum absolute atomic E-state index is 4.56. The van der Waals surface area contributed by atoms with E-state index in [0.717, 1.165) is 28.0 Å². The van der Waals surface area contributed by atoms with Gasteiger partial charge in [0.2, 0.25) is 0 Å². The van der Waals surface area contributed by atoms with Crippen LogP contribution in [0, 0.1) is 6.92 Å². The van der Waals surface area contributed by atoms with Gasteiger partial charge in [0.15, 0.2) is 5.65 Å². The first-order chi connectivity index (χ1) is 8.25. The second-order valence-electron chi connectivity index (χ2n) is 4.16. The fourth-order valence-corrected chi connectivity index (χ4v) is 2.04. The van der Waals surface area contributed by atoms with Crippen molar-refractivity contribution in [1.82, 2.24) is 14.8 Å². The summed E-state index contributed by atoms with van der Waals surface area (Å²) >= 11 is 0. The van der Waals surface area contributed by atoms with Crippen molar-refractivity contribution in [2.75, 3.05) is 0 Å². The average molecular weight is 223 g/mol. The molecule has 3 aromatic rings. The molecule has 17 heavy (non-hydrogen) atoms. The molecule has 0 N–H and O–H groups in total. The van der Waals surface area contributed by atoms with Gasteiger partial charge in [-0.05, 0) is 19.1 Å². The van der Waals surface area contributed by atoms with Gasteiger partial charge in [-0.25, -0.2) is 9.67 Å². The molecule has 1 aromatic carbocycles. The van der Waals surface area contributed by atoms with Gasteiger partial charge in [-0.15, -0.1) is 0 Å². The van der Waals surface area contributed by atoms with Gasteiger partial charge in [-0.2, -0.15) is 5.10 Å². The van der Waals surface area contributed by atoms with Crippen LogP contribution in [0.1, 0.15) is 5.69 Å². The van der Waals surface area contributed by atoms with Crippen molar-refractivity contribution in [3.63, 3.8) is 0 Å². The Morgan fingerprint density at radius 1 is 1.00 bits per heavy atom. The fourth-order valence-electron chi connectivity index (χ4n) is 2.04. The molecule has 2 heterocycles. The van der Waals surface area contributed by atoms with Crippen LogP contribution >= 0.6 is 0 Å². The summed E-state index contributed by atoms with van der Waals surface area (Å²) in [7, 11) is 1.93. The number of aryl methyl sites for hydroxylation is 2. The lowest BCUT2D eigenvalue weighted by Crippen LogP contribution is -1.92. The minimum atomic E-state index is 0.934. The highest BCUT2D eigenvalue weighted by Crippen LogP contribution is 2.26. The van der Waals surface area contributed by atoms with Crippen LogP contribution < -0.4 is 0 Å². The molecule has 3 heteroatoms. The van der Waals surface area contributed by atoms with Crippen molar-refractivity contribution >= 4 is 11.0 Å². The molecular weight excluding hydrogens is 210 g/mol. The Hall–Kier alpha value is -2.16. The summed E-state index contributed by atoms with van der Waals surface area (Å²) in [5.74, 6) is 0. The van der Waals surface area contributed by atoms with E-state index in [0.29, 0.717) is 0 Å². The smallest absolute Gasteiger partial charge is 0.158 e. The molecule has 0 radical (unpaired) electrons. The summed E-state index contributed by atoms with van der Waals surface area (Å²) < 4.78 is 1.84. The summed E-state index contributed by atoms with van der Waals surface area (Å²) in [4.78, 5) is 4.52. The molecule has 0 fully saturated rings. The number of aromatic nitrogens is 3. The maximum Gasteiger partial charge on any atom is 0.158 e. The molecular formula is C14H13N3. The van der Waals surface area contributed by atoms with Crippen molar-refractivity contribution < 1.29 is 0 Å². The molecule has 3 nitrogen and oxygen atoms in total. The number of pyridine rings is 1.